The Morgan fingerprint density at radius 2 is 1.76 bits per heavy atom. The molecule has 1 aliphatic heterocycles. The maximum atomic E-state index is 5.67. The molecule has 4 nitrogen and oxygen atoms in total. The van der Waals surface area contributed by atoms with E-state index in [0.717, 1.165) is 31.0 Å². The molecule has 0 saturated heterocycles. The highest BCUT2D eigenvalue weighted by Crippen LogP contribution is 2.43. The van der Waals surface area contributed by atoms with Crippen LogP contribution in [0, 0.1) is 0 Å². The molecule has 1 aliphatic rings. The summed E-state index contributed by atoms with van der Waals surface area (Å²) in [6, 6.07) is 24.1. The van der Waals surface area contributed by atoms with E-state index in [4.69, 9.17) is 9.47 Å². The number of rotatable bonds is 5. The lowest BCUT2D eigenvalue weighted by Gasteiger charge is -2.37. The highest BCUT2D eigenvalue weighted by Gasteiger charge is 2.31. The van der Waals surface area contributed by atoms with Gasteiger partial charge < -0.3 is 14.5 Å². The molecular weight excluding hydrogens is 428 g/mol. The van der Waals surface area contributed by atoms with Gasteiger partial charge in [0.2, 0.25) is 0 Å². The summed E-state index contributed by atoms with van der Waals surface area (Å²) in [4.78, 5) is 7.55. The Morgan fingerprint density at radius 3 is 2.58 bits per heavy atom. The molecule has 5 heteroatoms. The second kappa shape index (κ2) is 8.25. The molecule has 0 radical (unpaired) electrons. The first-order valence-corrected chi connectivity index (χ1v) is 12.2. The summed E-state index contributed by atoms with van der Waals surface area (Å²) in [5.41, 5.74) is 6.40. The summed E-state index contributed by atoms with van der Waals surface area (Å²) in [6.07, 6.45) is 0.988. The van der Waals surface area contributed by atoms with Crippen LogP contribution in [0.3, 0.4) is 0 Å². The van der Waals surface area contributed by atoms with Crippen molar-refractivity contribution in [3.05, 3.63) is 93.7 Å². The van der Waals surface area contributed by atoms with Crippen molar-refractivity contribution < 1.29 is 9.47 Å². The van der Waals surface area contributed by atoms with Crippen LogP contribution in [0.15, 0.2) is 72.1 Å². The number of nitrogens with zero attached hydrogens (tertiary/aromatic N) is 1. The summed E-state index contributed by atoms with van der Waals surface area (Å²) >= 11 is 1.82. The van der Waals surface area contributed by atoms with Gasteiger partial charge in [-0.05, 0) is 58.8 Å². The van der Waals surface area contributed by atoms with Crippen LogP contribution in [0.4, 0.5) is 0 Å². The van der Waals surface area contributed by atoms with Crippen LogP contribution in [0.2, 0.25) is 0 Å². The molecule has 6 rings (SSSR count). The maximum absolute atomic E-state index is 5.67. The van der Waals surface area contributed by atoms with Crippen LogP contribution in [0.5, 0.6) is 11.5 Å². The molecule has 3 heterocycles. The number of fused-ring (bicyclic) bond motifs is 4. The number of benzene rings is 3. The van der Waals surface area contributed by atoms with Crippen molar-refractivity contribution in [3.63, 3.8) is 0 Å². The molecule has 0 aliphatic carbocycles. The Balaban J connectivity index is 1.47. The predicted octanol–water partition coefficient (Wildman–Crippen LogP) is 6.55. The summed E-state index contributed by atoms with van der Waals surface area (Å²) in [5, 5.41) is 4.79. The number of H-pyrrole nitrogens is 1. The Labute approximate surface area is 197 Å². The minimum atomic E-state index is 0.189. The molecule has 1 N–H and O–H groups in total. The highest BCUT2D eigenvalue weighted by molar-refractivity contribution is 7.10. The van der Waals surface area contributed by atoms with Gasteiger partial charge in [-0.15, -0.1) is 11.3 Å². The Kier molecular flexibility index (Phi) is 5.08. The third-order valence-electron chi connectivity index (χ3n) is 6.78. The van der Waals surface area contributed by atoms with Gasteiger partial charge >= 0.3 is 0 Å². The Hall–Kier alpha value is -3.28. The van der Waals surface area contributed by atoms with Crippen LogP contribution in [-0.2, 0) is 13.0 Å². The lowest BCUT2D eigenvalue weighted by Crippen LogP contribution is -2.35. The molecule has 0 fully saturated rings. The van der Waals surface area contributed by atoms with E-state index in [9.17, 15) is 0 Å². The molecule has 166 valence electrons. The van der Waals surface area contributed by atoms with Gasteiger partial charge in [0.15, 0.2) is 11.5 Å². The van der Waals surface area contributed by atoms with Gasteiger partial charge in [-0.2, -0.15) is 0 Å². The third-order valence-corrected chi connectivity index (χ3v) is 7.70. The van der Waals surface area contributed by atoms with Crippen molar-refractivity contribution in [2.24, 2.45) is 0 Å². The smallest absolute Gasteiger partial charge is 0.161 e. The van der Waals surface area contributed by atoms with Crippen molar-refractivity contribution in [1.29, 1.82) is 0 Å². The van der Waals surface area contributed by atoms with E-state index >= 15 is 0 Å². The molecule has 1 unspecified atom stereocenters. The highest BCUT2D eigenvalue weighted by atomic mass is 32.1. The zero-order valence-corrected chi connectivity index (χ0v) is 19.6. The zero-order valence-electron chi connectivity index (χ0n) is 18.8. The second-order valence-electron chi connectivity index (χ2n) is 8.55. The number of ether oxygens (including phenoxy) is 2. The first-order valence-electron chi connectivity index (χ1n) is 11.3. The monoisotopic (exact) mass is 454 g/mol. The van der Waals surface area contributed by atoms with Gasteiger partial charge in [-0.3, -0.25) is 4.90 Å². The van der Waals surface area contributed by atoms with E-state index in [0.29, 0.717) is 0 Å². The van der Waals surface area contributed by atoms with Crippen molar-refractivity contribution in [2.75, 3.05) is 20.8 Å². The lowest BCUT2D eigenvalue weighted by atomic mass is 9.90. The average molecular weight is 455 g/mol. The van der Waals surface area contributed by atoms with E-state index in [1.54, 1.807) is 14.2 Å². The van der Waals surface area contributed by atoms with Gasteiger partial charge in [0.1, 0.15) is 0 Å². The van der Waals surface area contributed by atoms with Crippen LogP contribution in [0.25, 0.3) is 21.8 Å². The van der Waals surface area contributed by atoms with Crippen LogP contribution < -0.4 is 9.47 Å². The molecule has 5 aromatic rings. The van der Waals surface area contributed by atoms with E-state index in [-0.39, 0.29) is 6.04 Å². The van der Waals surface area contributed by atoms with Crippen molar-refractivity contribution in [2.45, 2.75) is 19.0 Å². The van der Waals surface area contributed by atoms with Crippen molar-refractivity contribution in [3.8, 4) is 11.5 Å². The molecule has 2 aromatic heterocycles. The van der Waals surface area contributed by atoms with Gasteiger partial charge in [0.25, 0.3) is 0 Å². The van der Waals surface area contributed by atoms with Crippen LogP contribution >= 0.6 is 11.3 Å². The number of aromatic nitrogens is 1. The number of aromatic amines is 1. The molecule has 3 aromatic carbocycles. The number of para-hydroxylation sites is 1. The quantitative estimate of drug-likeness (QED) is 0.327. The predicted molar refractivity (Wildman–Crippen MR) is 136 cm³/mol. The molecule has 1 atom stereocenters. The number of thiophene rings is 1. The fourth-order valence-corrected chi connectivity index (χ4v) is 6.15. The van der Waals surface area contributed by atoms with E-state index in [1.807, 2.05) is 11.3 Å². The summed E-state index contributed by atoms with van der Waals surface area (Å²) in [5.74, 6) is 1.59. The SMILES string of the molecule is COc1cc2c(cc1OC)C(c1cccs1)N(Cc1cccc3[nH]c4ccccc4c13)CC2. The van der Waals surface area contributed by atoms with Crippen molar-refractivity contribution in [1.82, 2.24) is 9.88 Å². The fraction of sp³-hybridized carbons (Fsp3) is 0.214. The molecule has 0 bridgehead atoms. The zero-order chi connectivity index (χ0) is 22.4. The van der Waals surface area contributed by atoms with E-state index in [1.165, 1.54) is 43.4 Å². The minimum Gasteiger partial charge on any atom is -0.493 e. The topological polar surface area (TPSA) is 37.5 Å². The molecule has 0 saturated carbocycles. The first kappa shape index (κ1) is 20.3. The largest absolute Gasteiger partial charge is 0.493 e. The van der Waals surface area contributed by atoms with Gasteiger partial charge in [0, 0.05) is 39.8 Å². The standard InChI is InChI=1S/C28H26N2O2S/c1-31-24-15-18-12-13-30(28(26-11-6-14-33-26)21(18)16-25(24)32-2)17-19-7-5-10-23-27(19)20-8-3-4-9-22(20)29-23/h3-11,14-16,28-29H,12-13,17H2,1-2H3. The second-order valence-corrected chi connectivity index (χ2v) is 9.53. The number of nitrogens with one attached hydrogen (secondary N) is 1. The molecule has 0 spiro atoms. The third kappa shape index (κ3) is 3.39. The fourth-order valence-electron chi connectivity index (χ4n) is 5.28. The Bertz CT molecular complexity index is 1440. The first-order chi connectivity index (χ1) is 16.3. The van der Waals surface area contributed by atoms with Crippen molar-refractivity contribution >= 4 is 33.1 Å². The number of hydrogen-bond acceptors (Lipinski definition) is 4. The van der Waals surface area contributed by atoms with Gasteiger partial charge in [-0.25, -0.2) is 0 Å². The number of hydrogen-bond donors (Lipinski definition) is 1. The van der Waals surface area contributed by atoms with Crippen LogP contribution in [0.1, 0.15) is 27.6 Å². The summed E-state index contributed by atoms with van der Waals surface area (Å²) < 4.78 is 11.3. The van der Waals surface area contributed by atoms with E-state index in [2.05, 4.69) is 82.0 Å². The minimum absolute atomic E-state index is 0.189. The Morgan fingerprint density at radius 1 is 0.939 bits per heavy atom. The van der Waals surface area contributed by atoms with Crippen LogP contribution in [-0.4, -0.2) is 30.6 Å². The molecular formula is C28H26N2O2S. The molecule has 33 heavy (non-hydrogen) atoms. The maximum Gasteiger partial charge on any atom is 0.161 e. The van der Waals surface area contributed by atoms with E-state index < -0.39 is 0 Å². The summed E-state index contributed by atoms with van der Waals surface area (Å²) in [7, 11) is 3.42. The van der Waals surface area contributed by atoms with Gasteiger partial charge in [0.05, 0.1) is 20.3 Å². The average Bonchev–Trinajstić information content (AvgIpc) is 3.51. The summed E-state index contributed by atoms with van der Waals surface area (Å²) in [6.45, 7) is 1.87. The lowest BCUT2D eigenvalue weighted by molar-refractivity contribution is 0.207. The van der Waals surface area contributed by atoms with Gasteiger partial charge in [-0.1, -0.05) is 36.4 Å². The molecule has 0 amide bonds. The normalized spacial score (nSPS) is 16.2. The number of methoxy groups -OCH3 is 2.